The summed E-state index contributed by atoms with van der Waals surface area (Å²) in [4.78, 5) is 25.1. The first-order valence-corrected chi connectivity index (χ1v) is 4.15. The van der Waals surface area contributed by atoms with Crippen molar-refractivity contribution in [2.45, 2.75) is 12.8 Å². The first-order valence-electron chi connectivity index (χ1n) is 4.15. The molecule has 0 aromatic carbocycles. The summed E-state index contributed by atoms with van der Waals surface area (Å²) >= 11 is 0. The number of unbranched alkanes of at least 4 members (excludes halogenated alkanes) is 1. The van der Waals surface area contributed by atoms with E-state index in [0.29, 0.717) is 19.4 Å². The van der Waals surface area contributed by atoms with Gasteiger partial charge in [-0.05, 0) is 6.42 Å². The van der Waals surface area contributed by atoms with Gasteiger partial charge in [-0.3, -0.25) is 9.69 Å². The van der Waals surface area contributed by atoms with E-state index in [2.05, 4.69) is 5.92 Å². The second kappa shape index (κ2) is 3.94. The number of carbonyl (C=O) groups is 2. The minimum absolute atomic E-state index is 0.135. The number of nitrogens with zero attached hydrogens (tertiary/aromatic N) is 2. The first-order chi connectivity index (χ1) is 6.16. The quantitative estimate of drug-likeness (QED) is 0.356. The monoisotopic (exact) mass is 180 g/mol. The maximum Gasteiger partial charge on any atom is 0.326 e. The molecule has 0 aromatic heterocycles. The molecular formula is C9H12N2O2. The Morgan fingerprint density at radius 3 is 2.69 bits per heavy atom. The molecule has 1 heterocycles. The Morgan fingerprint density at radius 2 is 2.23 bits per heavy atom. The van der Waals surface area contributed by atoms with Crippen LogP contribution in [0.2, 0.25) is 0 Å². The number of rotatable bonds is 3. The van der Waals surface area contributed by atoms with Gasteiger partial charge in [-0.25, -0.2) is 4.79 Å². The van der Waals surface area contributed by atoms with E-state index in [4.69, 9.17) is 6.42 Å². The topological polar surface area (TPSA) is 40.6 Å². The van der Waals surface area contributed by atoms with Gasteiger partial charge < -0.3 is 4.90 Å². The average Bonchev–Trinajstić information content (AvgIpc) is 2.32. The predicted molar refractivity (Wildman–Crippen MR) is 47.8 cm³/mol. The van der Waals surface area contributed by atoms with Crippen molar-refractivity contribution in [1.29, 1.82) is 0 Å². The maximum atomic E-state index is 11.3. The van der Waals surface area contributed by atoms with Crippen LogP contribution in [0, 0.1) is 12.3 Å². The van der Waals surface area contributed by atoms with Crippen molar-refractivity contribution in [2.24, 2.45) is 0 Å². The fourth-order valence-electron chi connectivity index (χ4n) is 1.23. The Kier molecular flexibility index (Phi) is 2.91. The molecule has 1 saturated heterocycles. The van der Waals surface area contributed by atoms with Gasteiger partial charge in [0.05, 0.1) is 0 Å². The molecule has 4 heteroatoms. The Hall–Kier alpha value is -1.50. The molecule has 0 aliphatic carbocycles. The number of terminal acetylenes is 1. The number of urea groups is 1. The normalized spacial score (nSPS) is 16.6. The summed E-state index contributed by atoms with van der Waals surface area (Å²) in [5.74, 6) is 2.33. The van der Waals surface area contributed by atoms with Crippen LogP contribution in [-0.4, -0.2) is 41.9 Å². The lowest BCUT2D eigenvalue weighted by Gasteiger charge is -2.12. The van der Waals surface area contributed by atoms with Crippen LogP contribution in [0.25, 0.3) is 0 Å². The molecule has 1 fully saturated rings. The number of likely N-dealkylation sites (N-methyl/N-ethyl adjacent to an activating group) is 1. The van der Waals surface area contributed by atoms with Gasteiger partial charge in [-0.15, -0.1) is 12.3 Å². The van der Waals surface area contributed by atoms with Crippen LogP contribution in [0.5, 0.6) is 0 Å². The molecule has 0 bridgehead atoms. The van der Waals surface area contributed by atoms with E-state index in [1.807, 2.05) is 0 Å². The van der Waals surface area contributed by atoms with E-state index in [1.165, 1.54) is 9.80 Å². The van der Waals surface area contributed by atoms with Gasteiger partial charge in [0.2, 0.25) is 5.91 Å². The Labute approximate surface area is 77.5 Å². The SMILES string of the molecule is C#CCCCN1C(=O)CN(C)C1=O. The molecule has 0 radical (unpaired) electrons. The van der Waals surface area contributed by atoms with E-state index in [1.54, 1.807) is 7.05 Å². The Morgan fingerprint density at radius 1 is 1.54 bits per heavy atom. The molecule has 0 atom stereocenters. The molecule has 4 nitrogen and oxygen atoms in total. The summed E-state index contributed by atoms with van der Waals surface area (Å²) in [7, 11) is 1.61. The minimum atomic E-state index is -0.220. The van der Waals surface area contributed by atoms with Crippen molar-refractivity contribution >= 4 is 11.9 Å². The summed E-state index contributed by atoms with van der Waals surface area (Å²) in [6.45, 7) is 0.626. The van der Waals surface area contributed by atoms with Gasteiger partial charge >= 0.3 is 6.03 Å². The van der Waals surface area contributed by atoms with Gasteiger partial charge in [0.25, 0.3) is 0 Å². The van der Waals surface area contributed by atoms with Crippen LogP contribution in [0.15, 0.2) is 0 Å². The van der Waals surface area contributed by atoms with Gasteiger partial charge in [-0.2, -0.15) is 0 Å². The molecule has 13 heavy (non-hydrogen) atoms. The standard InChI is InChI=1S/C9H12N2O2/c1-3-4-5-6-11-8(12)7-10(2)9(11)13/h1H,4-7H2,2H3. The largest absolute Gasteiger partial charge is 0.326 e. The zero-order valence-electron chi connectivity index (χ0n) is 7.62. The Balaban J connectivity index is 2.46. The highest BCUT2D eigenvalue weighted by molar-refractivity contribution is 6.01. The molecular weight excluding hydrogens is 168 g/mol. The fraction of sp³-hybridized carbons (Fsp3) is 0.556. The third-order valence-electron chi connectivity index (χ3n) is 1.93. The van der Waals surface area contributed by atoms with E-state index < -0.39 is 0 Å². The second-order valence-electron chi connectivity index (χ2n) is 2.99. The number of amides is 3. The zero-order chi connectivity index (χ0) is 9.84. The lowest BCUT2D eigenvalue weighted by Crippen LogP contribution is -2.32. The molecule has 0 spiro atoms. The molecule has 3 amide bonds. The predicted octanol–water partition coefficient (Wildman–Crippen LogP) is 0.294. The Bertz CT molecular complexity index is 267. The van der Waals surface area contributed by atoms with E-state index in [-0.39, 0.29) is 18.5 Å². The molecule has 0 aromatic rings. The van der Waals surface area contributed by atoms with Crippen LogP contribution in [0.1, 0.15) is 12.8 Å². The fourth-order valence-corrected chi connectivity index (χ4v) is 1.23. The van der Waals surface area contributed by atoms with Crippen LogP contribution < -0.4 is 0 Å². The van der Waals surface area contributed by atoms with Gasteiger partial charge in [0.15, 0.2) is 0 Å². The smallest absolute Gasteiger partial charge is 0.318 e. The van der Waals surface area contributed by atoms with Crippen LogP contribution in [0.3, 0.4) is 0 Å². The second-order valence-corrected chi connectivity index (χ2v) is 2.99. The maximum absolute atomic E-state index is 11.3. The van der Waals surface area contributed by atoms with E-state index in [9.17, 15) is 9.59 Å². The summed E-state index contributed by atoms with van der Waals surface area (Å²) in [6, 6.07) is -0.220. The number of imide groups is 1. The minimum Gasteiger partial charge on any atom is -0.318 e. The molecule has 1 aliphatic heterocycles. The lowest BCUT2D eigenvalue weighted by atomic mass is 10.3. The molecule has 0 unspecified atom stereocenters. The number of carbonyl (C=O) groups excluding carboxylic acids is 2. The van der Waals surface area contributed by atoms with Gasteiger partial charge in [-0.1, -0.05) is 0 Å². The molecule has 0 saturated carbocycles. The van der Waals surface area contributed by atoms with E-state index in [0.717, 1.165) is 0 Å². The summed E-state index contributed by atoms with van der Waals surface area (Å²) < 4.78 is 0. The molecule has 70 valence electrons. The lowest BCUT2D eigenvalue weighted by molar-refractivity contribution is -0.125. The third kappa shape index (κ3) is 2.00. The van der Waals surface area contributed by atoms with Crippen molar-refractivity contribution < 1.29 is 9.59 Å². The summed E-state index contributed by atoms with van der Waals surface area (Å²) in [5, 5.41) is 0. The van der Waals surface area contributed by atoms with Crippen molar-refractivity contribution in [3.05, 3.63) is 0 Å². The van der Waals surface area contributed by atoms with Gasteiger partial charge in [0, 0.05) is 20.0 Å². The summed E-state index contributed by atoms with van der Waals surface area (Å²) in [5.41, 5.74) is 0. The highest BCUT2D eigenvalue weighted by atomic mass is 16.2. The third-order valence-corrected chi connectivity index (χ3v) is 1.93. The van der Waals surface area contributed by atoms with Gasteiger partial charge in [0.1, 0.15) is 6.54 Å². The highest BCUT2D eigenvalue weighted by Crippen LogP contribution is 2.08. The van der Waals surface area contributed by atoms with E-state index >= 15 is 0 Å². The molecule has 0 N–H and O–H groups in total. The van der Waals surface area contributed by atoms with Crippen molar-refractivity contribution in [1.82, 2.24) is 9.80 Å². The zero-order valence-corrected chi connectivity index (χ0v) is 7.62. The first kappa shape index (κ1) is 9.59. The molecule has 1 aliphatic rings. The molecule has 1 rings (SSSR count). The van der Waals surface area contributed by atoms with Crippen molar-refractivity contribution in [2.75, 3.05) is 20.1 Å². The number of hydrogen-bond acceptors (Lipinski definition) is 2. The highest BCUT2D eigenvalue weighted by Gasteiger charge is 2.32. The summed E-state index contributed by atoms with van der Waals surface area (Å²) in [6.07, 6.45) is 6.34. The number of hydrogen-bond donors (Lipinski definition) is 0. The van der Waals surface area contributed by atoms with Crippen LogP contribution in [0.4, 0.5) is 4.79 Å². The van der Waals surface area contributed by atoms with Crippen molar-refractivity contribution in [3.63, 3.8) is 0 Å². The average molecular weight is 180 g/mol. The van der Waals surface area contributed by atoms with Crippen LogP contribution in [-0.2, 0) is 4.79 Å². The van der Waals surface area contributed by atoms with Crippen molar-refractivity contribution in [3.8, 4) is 12.3 Å². The van der Waals surface area contributed by atoms with Crippen LogP contribution >= 0.6 is 0 Å².